The summed E-state index contributed by atoms with van der Waals surface area (Å²) in [6, 6.07) is 54.3. The molecule has 3 amide bonds. The van der Waals surface area contributed by atoms with Crippen molar-refractivity contribution in [2.24, 2.45) is 0 Å². The maximum absolute atomic E-state index is 14.0. The molecule has 13 rings (SSSR count). The van der Waals surface area contributed by atoms with Crippen molar-refractivity contribution in [1.82, 2.24) is 55.4 Å². The van der Waals surface area contributed by atoms with Crippen molar-refractivity contribution in [2.75, 3.05) is 20.1 Å². The van der Waals surface area contributed by atoms with Gasteiger partial charge >= 0.3 is 0 Å². The molecule has 15 heteroatoms. The van der Waals surface area contributed by atoms with Crippen LogP contribution in [0.4, 0.5) is 0 Å². The van der Waals surface area contributed by atoms with Gasteiger partial charge in [0.1, 0.15) is 6.29 Å². The monoisotopic (exact) mass is 1210 g/mol. The van der Waals surface area contributed by atoms with Crippen LogP contribution in [0.3, 0.4) is 0 Å². The van der Waals surface area contributed by atoms with Crippen molar-refractivity contribution in [1.29, 1.82) is 0 Å². The average Bonchev–Trinajstić information content (AvgIpc) is 1.68. The second-order valence-electron chi connectivity index (χ2n) is 23.7. The number of rotatable bonds is 14. The number of H-pyrrole nitrogens is 4. The summed E-state index contributed by atoms with van der Waals surface area (Å²) in [5, 5.41) is 6.07. The first-order chi connectivity index (χ1) is 44.7. The van der Waals surface area contributed by atoms with E-state index < -0.39 is 0 Å². The summed E-state index contributed by atoms with van der Waals surface area (Å²) in [4.78, 5) is 86.9. The highest BCUT2D eigenvalue weighted by Crippen LogP contribution is 2.38. The van der Waals surface area contributed by atoms with Crippen LogP contribution < -0.4 is 10.6 Å². The lowest BCUT2D eigenvalue weighted by molar-refractivity contribution is -0.124. The average molecular weight is 1210 g/mol. The second kappa shape index (κ2) is 25.3. The van der Waals surface area contributed by atoms with Gasteiger partial charge in [-0.15, -0.1) is 0 Å². The molecule has 0 atom stereocenters. The number of amides is 3. The maximum Gasteiger partial charge on any atom is 0.251 e. The molecule has 9 aromatic rings. The van der Waals surface area contributed by atoms with Crippen molar-refractivity contribution >= 4 is 99.6 Å². The van der Waals surface area contributed by atoms with Crippen molar-refractivity contribution in [3.8, 4) is 44.5 Å². The molecule has 0 fully saturated rings. The molecule has 0 saturated heterocycles. The first kappa shape index (κ1) is 59.1. The normalized spacial score (nSPS) is 12.8. The van der Waals surface area contributed by atoms with Crippen LogP contribution in [0.25, 0.3) is 120 Å². The molecule has 452 valence electrons. The highest BCUT2D eigenvalue weighted by Gasteiger charge is 2.29. The number of aromatic amines is 4. The summed E-state index contributed by atoms with van der Waals surface area (Å²) >= 11 is 0. The standard InChI is InChI=1S/C77H65N11O4/c1-6-55-38-58-28-31-65(82-58)73(66-32-29-59(83-66)39-57-27-26-56(81-57)37-47(2)80-55)51-18-24-54(25-19-51)76(92)79-46-48-14-16-50(17-15-48)64-44-70-74(52-20-22-53(23-21-52)75(91)78-34-35-88(5)72(90)13-10-36-89)67-33-30-60(84-67)41-68-63(49-11-8-7-9-12-49)40-61(85-68)43-71-77(3,4)45-62(86-71)42-69(64)87-70/h6-33,36-44,80,83,85,87H,1,34-35,45-46H2,2-5H3,(H,78,91)(H,79,92)/b13-10-,47-37?,55-38?,57-39?,60-41?,61-43?,62-42?,68-41?,69-42?,71-43?,73-65?,74-67?,74-70?. The number of hydrogen-bond donors (Lipinski definition) is 6. The van der Waals surface area contributed by atoms with E-state index in [0.29, 0.717) is 30.4 Å². The van der Waals surface area contributed by atoms with Crippen LogP contribution in [-0.4, -0.2) is 88.9 Å². The van der Waals surface area contributed by atoms with Gasteiger partial charge in [-0.3, -0.25) is 24.2 Å². The number of aldehydes is 1. The van der Waals surface area contributed by atoms with E-state index in [4.69, 9.17) is 19.9 Å². The minimum Gasteiger partial charge on any atom is -0.359 e. The Kier molecular flexibility index (Phi) is 16.3. The molecular weight excluding hydrogens is 1140 g/mol. The highest BCUT2D eigenvalue weighted by atomic mass is 16.2. The van der Waals surface area contributed by atoms with Crippen molar-refractivity contribution in [3.05, 3.63) is 256 Å². The number of carbonyl (C=O) groups excluding carboxylic acids is 4. The molecule has 0 saturated carbocycles. The molecule has 92 heavy (non-hydrogen) atoms. The lowest BCUT2D eigenvalue weighted by atomic mass is 9.87. The Morgan fingerprint density at radius 2 is 1.16 bits per heavy atom. The quantitative estimate of drug-likeness (QED) is 0.0454. The molecule has 0 unspecified atom stereocenters. The molecule has 0 radical (unpaired) electrons. The van der Waals surface area contributed by atoms with E-state index in [2.05, 4.69) is 106 Å². The predicted molar refractivity (Wildman–Crippen MR) is 370 cm³/mol. The number of fused-ring (bicyclic) bond motifs is 14. The lowest BCUT2D eigenvalue weighted by Crippen LogP contribution is -2.35. The third kappa shape index (κ3) is 12.9. The first-order valence-electron chi connectivity index (χ1n) is 30.4. The third-order valence-electron chi connectivity index (χ3n) is 16.6. The van der Waals surface area contributed by atoms with Gasteiger partial charge in [0, 0.05) is 134 Å². The Hall–Kier alpha value is -11.8. The molecular formula is C77H65N11O4. The summed E-state index contributed by atoms with van der Waals surface area (Å²) in [6.07, 6.45) is 17.4. The smallest absolute Gasteiger partial charge is 0.251 e. The van der Waals surface area contributed by atoms with Gasteiger partial charge in [0.15, 0.2) is 0 Å². The van der Waals surface area contributed by atoms with E-state index in [9.17, 15) is 19.2 Å². The molecule has 0 spiro atoms. The Morgan fingerprint density at radius 1 is 0.565 bits per heavy atom. The van der Waals surface area contributed by atoms with Crippen LogP contribution in [0.1, 0.15) is 97.1 Å². The van der Waals surface area contributed by atoms with E-state index in [0.717, 1.165) is 146 Å². The SMILES string of the molecule is C=Cc1cc2nc(c(-c3ccc(C(=O)NCc4ccc(-c5cc6[nH]c5cc5nc(cc7cc(-c8ccccc8)c(cc8nc(c6-c6ccc(C(=O)NCCN(C)C(=O)/C=C\C=O)cc6)C=C8)[nH]7)C(C)(C)C5)cc4)cc3)c3ccc(cc4nc(cc(C)[nH]1)C=C4)[nH]3)C=C2. The molecule has 4 aromatic carbocycles. The molecule has 4 aliphatic rings. The predicted octanol–water partition coefficient (Wildman–Crippen LogP) is 14.9. The zero-order chi connectivity index (χ0) is 63.5. The summed E-state index contributed by atoms with van der Waals surface area (Å²) in [5.41, 5.74) is 22.6. The zero-order valence-electron chi connectivity index (χ0n) is 51.3. The number of hydrogen-bond acceptors (Lipinski definition) is 8. The van der Waals surface area contributed by atoms with Crippen LogP contribution in [0.5, 0.6) is 0 Å². The highest BCUT2D eigenvalue weighted by molar-refractivity contribution is 6.00. The largest absolute Gasteiger partial charge is 0.359 e. The molecule has 5 aromatic heterocycles. The van der Waals surface area contributed by atoms with E-state index in [1.54, 1.807) is 25.3 Å². The molecule has 14 bridgehead atoms. The third-order valence-corrected chi connectivity index (χ3v) is 16.6. The summed E-state index contributed by atoms with van der Waals surface area (Å²) in [6.45, 7) is 11.2. The molecule has 9 heterocycles. The van der Waals surface area contributed by atoms with Gasteiger partial charge in [0.2, 0.25) is 5.91 Å². The van der Waals surface area contributed by atoms with Crippen LogP contribution >= 0.6 is 0 Å². The lowest BCUT2D eigenvalue weighted by Gasteiger charge is -2.15. The fourth-order valence-corrected chi connectivity index (χ4v) is 11.8. The Bertz CT molecular complexity index is 4960. The number of likely N-dealkylation sites (N-methyl/N-ethyl adjacent to an activating group) is 1. The minimum atomic E-state index is -0.339. The number of benzene rings is 4. The Balaban J connectivity index is 0.825. The molecule has 15 nitrogen and oxygen atoms in total. The number of aryl methyl sites for hydroxylation is 1. The number of allylic oxidation sites excluding steroid dienone is 1. The van der Waals surface area contributed by atoms with Gasteiger partial charge in [-0.2, -0.15) is 0 Å². The summed E-state index contributed by atoms with van der Waals surface area (Å²) in [5.74, 6) is -0.841. The number of nitrogens with one attached hydrogen (secondary N) is 6. The maximum atomic E-state index is 14.0. The first-order valence-corrected chi connectivity index (χ1v) is 30.4. The van der Waals surface area contributed by atoms with Gasteiger partial charge in [0.05, 0.1) is 34.2 Å². The fraction of sp³-hybridized carbons (Fsp3) is 0.117. The number of nitrogens with zero attached hydrogens (tertiary/aromatic N) is 5. The molecule has 0 aliphatic carbocycles. The van der Waals surface area contributed by atoms with Gasteiger partial charge in [-0.25, -0.2) is 15.0 Å². The van der Waals surface area contributed by atoms with Crippen molar-refractivity contribution in [2.45, 2.75) is 39.2 Å². The van der Waals surface area contributed by atoms with Gasteiger partial charge in [0.25, 0.3) is 11.8 Å². The van der Waals surface area contributed by atoms with Crippen LogP contribution in [0, 0.1) is 6.92 Å². The van der Waals surface area contributed by atoms with Crippen LogP contribution in [0.2, 0.25) is 0 Å². The Labute approximate surface area is 531 Å². The van der Waals surface area contributed by atoms with Gasteiger partial charge in [-0.1, -0.05) is 99.3 Å². The zero-order valence-corrected chi connectivity index (χ0v) is 51.3. The van der Waals surface area contributed by atoms with E-state index in [1.165, 1.54) is 11.0 Å². The molecule has 6 N–H and O–H groups in total. The second-order valence-corrected chi connectivity index (χ2v) is 23.7. The minimum absolute atomic E-state index is 0.209. The summed E-state index contributed by atoms with van der Waals surface area (Å²) in [7, 11) is 1.61. The van der Waals surface area contributed by atoms with E-state index in [-0.39, 0.29) is 36.2 Å². The fourth-order valence-electron chi connectivity index (χ4n) is 11.8. The van der Waals surface area contributed by atoms with Crippen LogP contribution in [0.15, 0.2) is 183 Å². The van der Waals surface area contributed by atoms with Crippen molar-refractivity contribution < 1.29 is 19.2 Å². The Morgan fingerprint density at radius 3 is 1.86 bits per heavy atom. The molecule has 4 aliphatic heterocycles. The van der Waals surface area contributed by atoms with Crippen molar-refractivity contribution in [3.63, 3.8) is 0 Å². The van der Waals surface area contributed by atoms with E-state index >= 15 is 0 Å². The van der Waals surface area contributed by atoms with Gasteiger partial charge in [-0.05, 0) is 168 Å². The van der Waals surface area contributed by atoms with E-state index in [1.807, 2.05) is 140 Å². The number of aromatic nitrogens is 8. The number of carbonyl (C=O) groups is 4. The van der Waals surface area contributed by atoms with Crippen LogP contribution in [-0.2, 0) is 28.0 Å². The van der Waals surface area contributed by atoms with Gasteiger partial charge < -0.3 is 35.5 Å². The topological polar surface area (TPSA) is 210 Å². The summed E-state index contributed by atoms with van der Waals surface area (Å²) < 4.78 is 0.